The lowest BCUT2D eigenvalue weighted by Gasteiger charge is -2.46. The molecule has 4 unspecified atom stereocenters. The Kier molecular flexibility index (Phi) is 64.5. The SMILES string of the molecule is C/C=C(C)/C=C(/OC(C)(C)C)O[Si](C)(C)C.CC(C)(C)c1ncccn1.CC1O[C@H](C)CC(N(C)C)[C@H]1COOC=O.CC[C@H](C)C[C@@](C)(OC)[C@H](O)[C@@H](C)C(=O)CC(C)=O.CC[C@H](C)C[C@@](C)(OC)[C@H](O[C@@H]1O[C@H](C)CC(N(C)C)[C@H]1P=O)[C@@H](C)C(=O)CC(C)=O.CC[C@H](C)C[C@](C)(C=O)OC.CO[C@](C)(C[C@@H](C)C=O)[C@H](O[C@@H]1O[C@H](C)CC(N(C)C)[C@H]1P=O)[C@@H](C)C(=O)CC(C)=O. The number of ketones is 6. The Morgan fingerprint density at radius 1 is 0.552 bits per heavy atom. The summed E-state index contributed by atoms with van der Waals surface area (Å²) in [6, 6.07) is 2.18. The number of hydrogen-bond acceptors (Lipinski definition) is 30. The monoisotopic (exact) mass is 1960 g/mol. The first kappa shape index (κ1) is 133. The molecule has 4 heterocycles. The highest BCUT2D eigenvalue weighted by molar-refractivity contribution is 7.25. The van der Waals surface area contributed by atoms with Crippen LogP contribution in [0, 0.1) is 47.3 Å². The normalized spacial score (nSPS) is 24.7. The van der Waals surface area contributed by atoms with Crippen molar-refractivity contribution in [3.8, 4) is 0 Å². The lowest BCUT2D eigenvalue weighted by Crippen LogP contribution is -2.57. The molecule has 3 fully saturated rings. The molecule has 0 saturated carbocycles. The van der Waals surface area contributed by atoms with E-state index in [4.69, 9.17) is 56.7 Å². The number of hydrogen-bond donors (Lipinski definition) is 1. The average Bonchev–Trinajstić information content (AvgIpc) is 0.787. The van der Waals surface area contributed by atoms with E-state index in [9.17, 15) is 57.4 Å². The van der Waals surface area contributed by atoms with E-state index in [0.29, 0.717) is 68.5 Å². The van der Waals surface area contributed by atoms with Crippen LogP contribution < -0.4 is 0 Å². The second kappa shape index (κ2) is 65.0. The van der Waals surface area contributed by atoms with Gasteiger partial charge >= 0.3 is 6.47 Å². The van der Waals surface area contributed by atoms with Gasteiger partial charge in [-0.1, -0.05) is 115 Å². The Morgan fingerprint density at radius 3 is 1.24 bits per heavy atom. The summed E-state index contributed by atoms with van der Waals surface area (Å²) in [5, 5.41) is 10.4. The third-order valence-electron chi connectivity index (χ3n) is 24.8. The Morgan fingerprint density at radius 2 is 0.925 bits per heavy atom. The number of aliphatic hydroxyl groups excluding tert-OH is 1. The van der Waals surface area contributed by atoms with E-state index in [-0.39, 0.29) is 130 Å². The summed E-state index contributed by atoms with van der Waals surface area (Å²) in [6.45, 7) is 62.6. The van der Waals surface area contributed by atoms with Crippen LogP contribution in [0.2, 0.25) is 19.6 Å². The maximum atomic E-state index is 12.9. The molecule has 0 aliphatic carbocycles. The van der Waals surface area contributed by atoms with E-state index in [1.54, 1.807) is 68.3 Å². The number of allylic oxidation sites excluding steroid dienone is 3. The van der Waals surface area contributed by atoms with Gasteiger partial charge in [0.05, 0.1) is 78.8 Å². The van der Waals surface area contributed by atoms with Gasteiger partial charge in [0.2, 0.25) is 8.32 Å². The van der Waals surface area contributed by atoms with Crippen molar-refractivity contribution in [2.24, 2.45) is 47.3 Å². The van der Waals surface area contributed by atoms with E-state index in [1.807, 2.05) is 146 Å². The van der Waals surface area contributed by atoms with Crippen molar-refractivity contribution in [1.82, 2.24) is 24.7 Å². The number of aromatic nitrogens is 2. The zero-order valence-corrected chi connectivity index (χ0v) is 93.4. The Labute approximate surface area is 813 Å². The van der Waals surface area contributed by atoms with Gasteiger partial charge in [-0.15, -0.1) is 0 Å². The van der Waals surface area contributed by atoms with Crippen LogP contribution in [-0.2, 0) is 119 Å². The zero-order chi connectivity index (χ0) is 105. The molecule has 30 nitrogen and oxygen atoms in total. The number of ether oxygens (including phenoxy) is 10. The van der Waals surface area contributed by atoms with Crippen molar-refractivity contribution in [2.75, 3.05) is 77.3 Å². The second-order valence-corrected chi connectivity index (χ2v) is 47.8. The summed E-state index contributed by atoms with van der Waals surface area (Å²) < 4.78 is 89.0. The first-order valence-electron chi connectivity index (χ1n) is 47.7. The average molecular weight is 1960 g/mol. The molecule has 1 N–H and O–H groups in total. The maximum absolute atomic E-state index is 12.9. The molecule has 0 spiro atoms. The van der Waals surface area contributed by atoms with Gasteiger partial charge in [-0.3, -0.25) is 42.7 Å². The number of aldehydes is 2. The fraction of sp³-hybridized carbons (Fsp3) is 0.832. The minimum atomic E-state index is -1.62. The summed E-state index contributed by atoms with van der Waals surface area (Å²) in [5.41, 5.74) is -2.98. The highest BCUT2D eigenvalue weighted by atomic mass is 31.1. The molecule has 0 aromatic carbocycles. The van der Waals surface area contributed by atoms with Crippen LogP contribution in [0.15, 0.2) is 42.1 Å². The van der Waals surface area contributed by atoms with Crippen LogP contribution >= 0.6 is 16.9 Å². The summed E-state index contributed by atoms with van der Waals surface area (Å²) in [7, 11) is 16.3. The number of carbonyl (C=O) groups is 9. The van der Waals surface area contributed by atoms with E-state index in [2.05, 4.69) is 109 Å². The van der Waals surface area contributed by atoms with Crippen LogP contribution in [-0.4, -0.2) is 282 Å². The number of Topliss-reactive ketones (excluding diaryl/α,β-unsaturated/α-hetero) is 6. The fourth-order valence-corrected chi connectivity index (χ4v) is 18.2. The second-order valence-electron chi connectivity index (χ2n) is 41.8. The van der Waals surface area contributed by atoms with Crippen LogP contribution in [0.1, 0.15) is 290 Å². The highest BCUT2D eigenvalue weighted by Crippen LogP contribution is 2.42. The molecule has 778 valence electrons. The lowest BCUT2D eigenvalue weighted by atomic mass is 9.79. The predicted octanol–water partition coefficient (Wildman–Crippen LogP) is 18.5. The summed E-state index contributed by atoms with van der Waals surface area (Å²) in [6.07, 6.45) is 12.9. The minimum absolute atomic E-state index is 0.0140. The standard InChI is InChI=1S/C23H42NO6P.C22H38NO7P.C15H28O4.C13H26O2Si.C11H21NO4.C9H18O2.C8H12N2/c1-10-14(2)13-23(6,28-9)21(17(5)19(26)11-15(3)25)30-22-20(31-27)18(24(7)8)12-16(4)29-22;1-13(12-24)11-22(5,28-8)20(16(4)18(26)9-14(2)25)30-21-19(31-27)17(23(6)7)10-15(3)29-21;1-7-10(2)9-15(5,19-6)14(18)12(4)13(17)8-11(3)16;1-9-11(2)10-12(14-13(3,4)5)15-16(6,7)8;1-8-5-11(12(3)4)10(9(2)16-8)6-14-15-7-13;1-5-8(2)6-9(3,7-10)11-4;1-8(2,3)7-9-5-4-6-10-7/h14,16-18,20-22H,10-13H2,1-9H3;12-13,15-17,19-21H,9-11H2,1-8H3;10,12,14,18H,7-9H2,1-6H3;9-10H,1-8H3;7-11H,5-6H2,1-4H3;7-8H,5-6H2,1-4H3;4-6H,1-3H3/b;;;11-9+,12-10-;;;/t14-,16+,17-,18?,20+,21+,22-,23+;13-,15-,16+,17?,19-,20-,21+,22-;10-,12-,14+,15+;;8-,9?,10+,11?;8-,9+;/m010.10./s1. The number of carbonyl (C=O) groups excluding carboxylic acids is 9. The summed E-state index contributed by atoms with van der Waals surface area (Å²) in [5.74, 6) is -0.446. The molecular formula is C101H185N5O25P2Si. The van der Waals surface area contributed by atoms with Gasteiger partial charge in [0.25, 0.3) is 5.95 Å². The zero-order valence-electron chi connectivity index (χ0n) is 90.6. The number of aliphatic hydroxyl groups is 1. The molecule has 134 heavy (non-hydrogen) atoms. The molecule has 0 bridgehead atoms. The van der Waals surface area contributed by atoms with Gasteiger partial charge < -0.3 is 86.1 Å². The van der Waals surface area contributed by atoms with Crippen molar-refractivity contribution in [3.05, 3.63) is 48.0 Å². The van der Waals surface area contributed by atoms with Gasteiger partial charge in [0, 0.05) is 100 Å². The van der Waals surface area contributed by atoms with Gasteiger partial charge in [-0.05, 0) is 247 Å². The third-order valence-corrected chi connectivity index (χ3v) is 27.3. The number of methoxy groups -OCH3 is 4. The van der Waals surface area contributed by atoms with Crippen molar-refractivity contribution in [3.63, 3.8) is 0 Å². The quantitative estimate of drug-likeness (QED) is 0.00728. The molecule has 4 rings (SSSR count). The lowest BCUT2D eigenvalue weighted by molar-refractivity contribution is -0.276. The van der Waals surface area contributed by atoms with E-state index in [1.165, 1.54) is 27.9 Å². The van der Waals surface area contributed by atoms with Gasteiger partial charge in [0.15, 0.2) is 35.8 Å². The van der Waals surface area contributed by atoms with Crippen LogP contribution in [0.25, 0.3) is 0 Å². The van der Waals surface area contributed by atoms with E-state index < -0.39 is 90.7 Å². The topological polar surface area (TPSA) is 363 Å². The first-order chi connectivity index (χ1) is 61.7. The molecule has 26 atom stereocenters. The van der Waals surface area contributed by atoms with Crippen LogP contribution in [0.3, 0.4) is 0 Å². The molecule has 3 aliphatic heterocycles. The maximum Gasteiger partial charge on any atom is 0.330 e. The molecule has 0 radical (unpaired) electrons. The summed E-state index contributed by atoms with van der Waals surface area (Å²) in [4.78, 5) is 127. The predicted molar refractivity (Wildman–Crippen MR) is 532 cm³/mol. The summed E-state index contributed by atoms with van der Waals surface area (Å²) >= 11 is 0. The fourth-order valence-electron chi connectivity index (χ4n) is 16.0. The third kappa shape index (κ3) is 50.8. The number of nitrogens with zero attached hydrogens (tertiary/aromatic N) is 5. The van der Waals surface area contributed by atoms with E-state index in [0.717, 1.165) is 62.5 Å². The van der Waals surface area contributed by atoms with Crippen molar-refractivity contribution < 1.29 is 119 Å². The minimum Gasteiger partial charge on any atom is -0.520 e. The Bertz CT molecular complexity index is 3620. The first-order valence-corrected chi connectivity index (χ1v) is 52.9. The largest absolute Gasteiger partial charge is 0.520 e. The van der Waals surface area contributed by atoms with Crippen molar-refractivity contribution >= 4 is 79.0 Å². The van der Waals surface area contributed by atoms with Gasteiger partial charge in [0.1, 0.15) is 75.9 Å². The smallest absolute Gasteiger partial charge is 0.330 e. The van der Waals surface area contributed by atoms with Crippen LogP contribution in [0.5, 0.6) is 0 Å². The number of rotatable bonds is 49. The van der Waals surface area contributed by atoms with E-state index >= 15 is 0 Å². The molecule has 1 aromatic heterocycles. The van der Waals surface area contributed by atoms with Gasteiger partial charge in [-0.25, -0.2) is 9.97 Å². The van der Waals surface area contributed by atoms with Gasteiger partial charge in [-0.2, -0.15) is 4.89 Å². The molecule has 33 heteroatoms. The highest BCUT2D eigenvalue weighted by Gasteiger charge is 2.51. The molecule has 0 amide bonds. The molecular weight excluding hydrogens is 1770 g/mol. The van der Waals surface area contributed by atoms with Crippen molar-refractivity contribution in [1.29, 1.82) is 0 Å². The molecule has 1 aromatic rings. The van der Waals surface area contributed by atoms with Crippen LogP contribution in [0.4, 0.5) is 0 Å². The molecule has 3 saturated heterocycles. The molecule has 3 aliphatic rings. The Hall–Kier alpha value is -5.15. The Balaban J connectivity index is -0.00000155. The van der Waals surface area contributed by atoms with Crippen molar-refractivity contribution in [2.45, 2.75) is 422 Å².